The van der Waals surface area contributed by atoms with Crippen LogP contribution in [0.1, 0.15) is 20.8 Å². The Labute approximate surface area is 74.5 Å². The molecule has 0 aliphatic carbocycles. The van der Waals surface area contributed by atoms with Gasteiger partial charge in [0.1, 0.15) is 0 Å². The molecule has 0 spiro atoms. The van der Waals surface area contributed by atoms with Gasteiger partial charge in [-0.05, 0) is 20.8 Å². The predicted octanol–water partition coefficient (Wildman–Crippen LogP) is 1.80. The highest BCUT2D eigenvalue weighted by Crippen LogP contribution is 2.16. The average Bonchev–Trinajstić information content (AvgIpc) is 2.03. The van der Waals surface area contributed by atoms with Gasteiger partial charge in [0, 0.05) is 19.1 Å². The summed E-state index contributed by atoms with van der Waals surface area (Å²) in [6.07, 6.45) is 2.08. The van der Waals surface area contributed by atoms with Crippen LogP contribution in [0.5, 0.6) is 0 Å². The summed E-state index contributed by atoms with van der Waals surface area (Å²) in [6, 6.07) is 2.85. The Kier molecular flexibility index (Phi) is 2.88. The Morgan fingerprint density at radius 2 is 2.33 bits per heavy atom. The summed E-state index contributed by atoms with van der Waals surface area (Å²) in [4.78, 5) is 2.34. The van der Waals surface area contributed by atoms with Gasteiger partial charge in [-0.1, -0.05) is 11.6 Å². The summed E-state index contributed by atoms with van der Waals surface area (Å²) in [5, 5.41) is 8.79. The van der Waals surface area contributed by atoms with Crippen molar-refractivity contribution in [3.63, 3.8) is 0 Å². The first-order valence-electron chi connectivity index (χ1n) is 4.44. The Morgan fingerprint density at radius 1 is 1.67 bits per heavy atom. The van der Waals surface area contributed by atoms with Gasteiger partial charge in [0.25, 0.3) is 0 Å². The maximum atomic E-state index is 8.79. The van der Waals surface area contributed by atoms with Crippen LogP contribution in [-0.2, 0) is 0 Å². The molecule has 2 nitrogen and oxygen atoms in total. The van der Waals surface area contributed by atoms with E-state index in [0.29, 0.717) is 6.04 Å². The average molecular weight is 164 g/mol. The summed E-state index contributed by atoms with van der Waals surface area (Å²) >= 11 is 0. The van der Waals surface area contributed by atoms with E-state index < -0.39 is 0 Å². The van der Waals surface area contributed by atoms with Gasteiger partial charge in [0.05, 0.1) is 12.0 Å². The van der Waals surface area contributed by atoms with E-state index in [2.05, 4.69) is 37.8 Å². The van der Waals surface area contributed by atoms with Crippen molar-refractivity contribution in [1.82, 2.24) is 4.90 Å². The lowest BCUT2D eigenvalue weighted by Gasteiger charge is -2.31. The minimum absolute atomic E-state index is 0.0983. The Morgan fingerprint density at radius 3 is 2.83 bits per heavy atom. The molecule has 0 radical (unpaired) electrons. The molecule has 0 aromatic heterocycles. The fraction of sp³-hybridized carbons (Fsp3) is 0.700. The van der Waals surface area contributed by atoms with E-state index in [9.17, 15) is 0 Å². The first-order valence-corrected chi connectivity index (χ1v) is 4.44. The smallest absolute Gasteiger partial charge is 0.0773 e. The molecule has 0 amide bonds. The molecule has 1 unspecified atom stereocenters. The summed E-state index contributed by atoms with van der Waals surface area (Å²) in [7, 11) is 0. The molecule has 0 saturated carbocycles. The van der Waals surface area contributed by atoms with Crippen LogP contribution in [0.15, 0.2) is 11.6 Å². The lowest BCUT2D eigenvalue weighted by atomic mass is 10.0. The largest absolute Gasteiger partial charge is 0.295 e. The van der Waals surface area contributed by atoms with E-state index in [1.165, 1.54) is 5.57 Å². The van der Waals surface area contributed by atoms with Gasteiger partial charge >= 0.3 is 0 Å². The lowest BCUT2D eigenvalue weighted by Crippen LogP contribution is -2.38. The van der Waals surface area contributed by atoms with Gasteiger partial charge in [-0.2, -0.15) is 5.26 Å². The molecular weight excluding hydrogens is 148 g/mol. The van der Waals surface area contributed by atoms with Gasteiger partial charge in [-0.15, -0.1) is 0 Å². The zero-order chi connectivity index (χ0) is 9.14. The highest BCUT2D eigenvalue weighted by molar-refractivity contribution is 5.14. The van der Waals surface area contributed by atoms with Crippen LogP contribution in [0.4, 0.5) is 0 Å². The molecule has 66 valence electrons. The van der Waals surface area contributed by atoms with Gasteiger partial charge in [-0.25, -0.2) is 0 Å². The normalized spacial score (nSPS) is 25.2. The molecule has 0 N–H and O–H groups in total. The van der Waals surface area contributed by atoms with Crippen LogP contribution < -0.4 is 0 Å². The second-order valence-corrected chi connectivity index (χ2v) is 3.77. The number of hydrogen-bond donors (Lipinski definition) is 0. The van der Waals surface area contributed by atoms with Crippen molar-refractivity contribution in [2.45, 2.75) is 26.8 Å². The fourth-order valence-electron chi connectivity index (χ4n) is 1.56. The number of nitriles is 1. The summed E-state index contributed by atoms with van der Waals surface area (Å²) in [5.41, 5.74) is 1.32. The minimum Gasteiger partial charge on any atom is -0.295 e. The van der Waals surface area contributed by atoms with Gasteiger partial charge in [0.15, 0.2) is 0 Å². The molecule has 0 bridgehead atoms. The van der Waals surface area contributed by atoms with E-state index in [1.807, 2.05) is 0 Å². The lowest BCUT2D eigenvalue weighted by molar-refractivity contribution is 0.219. The molecule has 1 aliphatic rings. The minimum atomic E-state index is 0.0983. The van der Waals surface area contributed by atoms with Crippen LogP contribution in [0.3, 0.4) is 0 Å². The van der Waals surface area contributed by atoms with Gasteiger partial charge in [0.2, 0.25) is 0 Å². The van der Waals surface area contributed by atoms with Crippen molar-refractivity contribution >= 4 is 0 Å². The monoisotopic (exact) mass is 164 g/mol. The molecule has 1 atom stereocenters. The van der Waals surface area contributed by atoms with E-state index in [1.54, 1.807) is 0 Å². The van der Waals surface area contributed by atoms with Crippen LogP contribution in [0.2, 0.25) is 0 Å². The van der Waals surface area contributed by atoms with Crippen LogP contribution in [0, 0.1) is 17.2 Å². The zero-order valence-electron chi connectivity index (χ0n) is 8.04. The third-order valence-corrected chi connectivity index (χ3v) is 2.27. The molecule has 12 heavy (non-hydrogen) atoms. The summed E-state index contributed by atoms with van der Waals surface area (Å²) in [5.74, 6) is 0.0983. The third-order valence-electron chi connectivity index (χ3n) is 2.27. The molecule has 0 fully saturated rings. The highest BCUT2D eigenvalue weighted by atomic mass is 15.1. The van der Waals surface area contributed by atoms with Crippen molar-refractivity contribution in [3.05, 3.63) is 11.6 Å². The second-order valence-electron chi connectivity index (χ2n) is 3.77. The molecule has 1 rings (SSSR count). The number of nitrogens with zero attached hydrogens (tertiary/aromatic N) is 2. The SMILES string of the molecule is CC1=CC(C#N)CN(C(C)C)C1. The molecule has 2 heteroatoms. The fourth-order valence-corrected chi connectivity index (χ4v) is 1.56. The number of rotatable bonds is 1. The van der Waals surface area contributed by atoms with E-state index in [-0.39, 0.29) is 5.92 Å². The van der Waals surface area contributed by atoms with Crippen LogP contribution in [-0.4, -0.2) is 24.0 Å². The molecule has 0 saturated heterocycles. The number of hydrogen-bond acceptors (Lipinski definition) is 2. The van der Waals surface area contributed by atoms with Crippen molar-refractivity contribution in [2.24, 2.45) is 5.92 Å². The van der Waals surface area contributed by atoms with Crippen LogP contribution >= 0.6 is 0 Å². The maximum Gasteiger partial charge on any atom is 0.0773 e. The van der Waals surface area contributed by atoms with Crippen molar-refractivity contribution in [1.29, 1.82) is 5.26 Å². The molecular formula is C10H16N2. The molecule has 1 aliphatic heterocycles. The van der Waals surface area contributed by atoms with E-state index in [4.69, 9.17) is 5.26 Å². The Balaban J connectivity index is 2.66. The van der Waals surface area contributed by atoms with Crippen LogP contribution in [0.25, 0.3) is 0 Å². The highest BCUT2D eigenvalue weighted by Gasteiger charge is 2.19. The topological polar surface area (TPSA) is 27.0 Å². The maximum absolute atomic E-state index is 8.79. The quantitative estimate of drug-likeness (QED) is 0.552. The molecule has 0 aromatic carbocycles. The van der Waals surface area contributed by atoms with Crippen molar-refractivity contribution in [3.8, 4) is 6.07 Å². The van der Waals surface area contributed by atoms with Gasteiger partial charge < -0.3 is 0 Å². The standard InChI is InChI=1S/C10H16N2/c1-8(2)12-6-9(3)4-10(5-11)7-12/h4,8,10H,6-7H2,1-3H3. The summed E-state index contributed by atoms with van der Waals surface area (Å²) < 4.78 is 0. The first kappa shape index (κ1) is 9.28. The van der Waals surface area contributed by atoms with E-state index >= 15 is 0 Å². The molecule has 0 aromatic rings. The van der Waals surface area contributed by atoms with Crippen molar-refractivity contribution < 1.29 is 0 Å². The van der Waals surface area contributed by atoms with E-state index in [0.717, 1.165) is 13.1 Å². The van der Waals surface area contributed by atoms with Crippen molar-refractivity contribution in [2.75, 3.05) is 13.1 Å². The second kappa shape index (κ2) is 3.73. The molecule has 1 heterocycles. The Hall–Kier alpha value is -0.810. The van der Waals surface area contributed by atoms with Gasteiger partial charge in [-0.3, -0.25) is 4.90 Å². The third kappa shape index (κ3) is 2.09. The zero-order valence-corrected chi connectivity index (χ0v) is 8.04. The Bertz CT molecular complexity index is 222. The summed E-state index contributed by atoms with van der Waals surface area (Å²) in [6.45, 7) is 8.36. The first-order chi connectivity index (χ1) is 5.63. The predicted molar refractivity (Wildman–Crippen MR) is 49.6 cm³/mol.